The van der Waals surface area contributed by atoms with E-state index in [2.05, 4.69) is 4.98 Å². The second-order valence-electron chi connectivity index (χ2n) is 6.72. The average molecular weight is 375 g/mol. The van der Waals surface area contributed by atoms with Crippen LogP contribution in [0.15, 0.2) is 41.5 Å². The number of thioether (sulfide) groups is 1. The van der Waals surface area contributed by atoms with Crippen molar-refractivity contribution in [3.05, 3.63) is 53.9 Å². The molecule has 0 amide bonds. The van der Waals surface area contributed by atoms with E-state index >= 15 is 0 Å². The molecule has 4 nitrogen and oxygen atoms in total. The number of aliphatic imine (C=N–C) groups is 1. The van der Waals surface area contributed by atoms with E-state index in [0.717, 1.165) is 12.2 Å². The van der Waals surface area contributed by atoms with Gasteiger partial charge in [-0.25, -0.2) is 9.37 Å². The molecular weight excluding hydrogens is 356 g/mol. The summed E-state index contributed by atoms with van der Waals surface area (Å²) in [6.07, 6.45) is 2.74. The molecule has 3 atom stereocenters. The van der Waals surface area contributed by atoms with Gasteiger partial charge in [0.15, 0.2) is 5.17 Å². The van der Waals surface area contributed by atoms with Crippen molar-refractivity contribution < 1.29 is 13.5 Å². The lowest BCUT2D eigenvalue weighted by Crippen LogP contribution is -2.37. The molecule has 0 unspecified atom stereocenters. The van der Waals surface area contributed by atoms with Crippen LogP contribution in [0.1, 0.15) is 18.4 Å². The van der Waals surface area contributed by atoms with E-state index in [-0.39, 0.29) is 17.8 Å². The third-order valence-corrected chi connectivity index (χ3v) is 6.30. The molecule has 0 spiro atoms. The highest BCUT2D eigenvalue weighted by Crippen LogP contribution is 2.52. The van der Waals surface area contributed by atoms with Crippen LogP contribution in [-0.2, 0) is 10.3 Å². The number of amidine groups is 1. The molecule has 1 fully saturated rings. The van der Waals surface area contributed by atoms with Gasteiger partial charge in [0.25, 0.3) is 0 Å². The molecule has 1 aromatic carbocycles. The Balaban J connectivity index is 1.87. The highest BCUT2D eigenvalue weighted by atomic mass is 32.2. The number of methoxy groups -OCH3 is 1. The normalized spacial score (nSPS) is 27.9. The first-order valence-corrected chi connectivity index (χ1v) is 9.44. The smallest absolute Gasteiger partial charge is 0.220 e. The number of pyridine rings is 1. The molecule has 4 rings (SSSR count). The molecule has 1 aliphatic carbocycles. The molecule has 2 aromatic rings. The van der Waals surface area contributed by atoms with Crippen LogP contribution >= 0.6 is 11.8 Å². The Hall–Kier alpha value is -1.99. The van der Waals surface area contributed by atoms with Gasteiger partial charge in [0.2, 0.25) is 5.95 Å². The van der Waals surface area contributed by atoms with E-state index in [1.54, 1.807) is 31.4 Å². The minimum atomic E-state index is -0.769. The maximum Gasteiger partial charge on any atom is 0.220 e. The second-order valence-corrected chi connectivity index (χ2v) is 7.76. The van der Waals surface area contributed by atoms with Crippen LogP contribution < -0.4 is 5.73 Å². The Labute approximate surface area is 154 Å². The Morgan fingerprint density at radius 1 is 1.31 bits per heavy atom. The van der Waals surface area contributed by atoms with Gasteiger partial charge in [-0.05, 0) is 36.2 Å². The summed E-state index contributed by atoms with van der Waals surface area (Å²) in [7, 11) is 1.66. The van der Waals surface area contributed by atoms with Crippen molar-refractivity contribution in [3.8, 4) is 11.1 Å². The lowest BCUT2D eigenvalue weighted by atomic mass is 9.80. The highest BCUT2D eigenvalue weighted by Gasteiger charge is 2.52. The predicted molar refractivity (Wildman–Crippen MR) is 98.9 cm³/mol. The summed E-state index contributed by atoms with van der Waals surface area (Å²) in [6.45, 7) is 0. The molecule has 0 radical (unpaired) electrons. The highest BCUT2D eigenvalue weighted by molar-refractivity contribution is 8.13. The van der Waals surface area contributed by atoms with E-state index in [0.29, 0.717) is 28.3 Å². The second kappa shape index (κ2) is 6.63. The summed E-state index contributed by atoms with van der Waals surface area (Å²) >= 11 is 1.49. The van der Waals surface area contributed by atoms with Crippen LogP contribution in [0.25, 0.3) is 11.1 Å². The first kappa shape index (κ1) is 17.4. The van der Waals surface area contributed by atoms with Gasteiger partial charge in [-0.15, -0.1) is 0 Å². The number of hydrogen-bond donors (Lipinski definition) is 1. The van der Waals surface area contributed by atoms with Gasteiger partial charge in [-0.1, -0.05) is 17.8 Å². The maximum absolute atomic E-state index is 14.9. The molecule has 136 valence electrons. The third kappa shape index (κ3) is 2.79. The Kier molecular flexibility index (Phi) is 4.44. The lowest BCUT2D eigenvalue weighted by Gasteiger charge is -2.36. The van der Waals surface area contributed by atoms with Crippen LogP contribution in [0.3, 0.4) is 0 Å². The van der Waals surface area contributed by atoms with Crippen LogP contribution in [0.5, 0.6) is 0 Å². The van der Waals surface area contributed by atoms with Crippen molar-refractivity contribution in [1.29, 1.82) is 0 Å². The summed E-state index contributed by atoms with van der Waals surface area (Å²) in [5, 5.41) is 0.454. The molecule has 2 N–H and O–H groups in total. The number of aromatic nitrogens is 1. The summed E-state index contributed by atoms with van der Waals surface area (Å²) in [5.41, 5.74) is 6.60. The van der Waals surface area contributed by atoms with Crippen molar-refractivity contribution >= 4 is 16.9 Å². The predicted octanol–water partition coefficient (Wildman–Crippen LogP) is 3.71. The van der Waals surface area contributed by atoms with E-state index in [1.807, 2.05) is 0 Å². The first-order chi connectivity index (χ1) is 12.5. The molecule has 26 heavy (non-hydrogen) atoms. The van der Waals surface area contributed by atoms with Gasteiger partial charge in [0, 0.05) is 42.5 Å². The summed E-state index contributed by atoms with van der Waals surface area (Å²) in [5.74, 6) is -0.0564. The molecule has 7 heteroatoms. The average Bonchev–Trinajstić information content (AvgIpc) is 3.01. The Morgan fingerprint density at radius 3 is 2.92 bits per heavy atom. The fraction of sp³-hybridized carbons (Fsp3) is 0.368. The van der Waals surface area contributed by atoms with Gasteiger partial charge >= 0.3 is 0 Å². The summed E-state index contributed by atoms with van der Waals surface area (Å²) in [6, 6.07) is 7.92. The van der Waals surface area contributed by atoms with Gasteiger partial charge in [-0.2, -0.15) is 4.39 Å². The minimum Gasteiger partial charge on any atom is -0.381 e. The number of rotatable bonds is 3. The van der Waals surface area contributed by atoms with E-state index < -0.39 is 11.5 Å². The molecule has 2 heterocycles. The number of hydrogen-bond acceptors (Lipinski definition) is 5. The molecule has 1 saturated carbocycles. The first-order valence-electron chi connectivity index (χ1n) is 8.45. The number of benzene rings is 1. The Morgan fingerprint density at radius 2 is 2.15 bits per heavy atom. The minimum absolute atomic E-state index is 0.00608. The molecule has 1 aliphatic heterocycles. The molecule has 2 aliphatic rings. The molecule has 0 saturated heterocycles. The molecule has 0 bridgehead atoms. The standard InChI is InChI=1S/C19H19F2N3OS/c1-25-13-8-12-10-26-18(22)24-19(12,9-13)15-7-11(4-5-16(15)20)14-3-2-6-23-17(14)21/h2-7,12-13H,8-10H2,1H3,(H2,22,24)/t12-,13+,19-/m0/s1. The molecule has 1 aromatic heterocycles. The fourth-order valence-corrected chi connectivity index (χ4v) is 5.07. The third-order valence-electron chi connectivity index (χ3n) is 5.34. The van der Waals surface area contributed by atoms with Gasteiger partial charge < -0.3 is 10.5 Å². The number of fused-ring (bicyclic) bond motifs is 1. The zero-order chi connectivity index (χ0) is 18.3. The van der Waals surface area contributed by atoms with Crippen molar-refractivity contribution in [2.24, 2.45) is 16.6 Å². The van der Waals surface area contributed by atoms with E-state index in [4.69, 9.17) is 15.5 Å². The van der Waals surface area contributed by atoms with Crippen LogP contribution in [0.4, 0.5) is 8.78 Å². The zero-order valence-electron chi connectivity index (χ0n) is 14.3. The van der Waals surface area contributed by atoms with E-state index in [1.165, 1.54) is 24.0 Å². The monoisotopic (exact) mass is 375 g/mol. The fourth-order valence-electron chi connectivity index (χ4n) is 4.06. The van der Waals surface area contributed by atoms with Crippen molar-refractivity contribution in [2.75, 3.05) is 12.9 Å². The topological polar surface area (TPSA) is 60.5 Å². The quantitative estimate of drug-likeness (QED) is 0.831. The van der Waals surface area contributed by atoms with Crippen molar-refractivity contribution in [3.63, 3.8) is 0 Å². The van der Waals surface area contributed by atoms with Gasteiger partial charge in [-0.3, -0.25) is 4.99 Å². The number of halogens is 2. The van der Waals surface area contributed by atoms with Crippen molar-refractivity contribution in [2.45, 2.75) is 24.5 Å². The van der Waals surface area contributed by atoms with Gasteiger partial charge in [0.1, 0.15) is 5.82 Å². The van der Waals surface area contributed by atoms with Gasteiger partial charge in [0.05, 0.1) is 11.6 Å². The van der Waals surface area contributed by atoms with Crippen LogP contribution in [-0.4, -0.2) is 29.1 Å². The Bertz CT molecular complexity index is 876. The zero-order valence-corrected chi connectivity index (χ0v) is 15.1. The summed E-state index contributed by atoms with van der Waals surface area (Å²) in [4.78, 5) is 8.38. The van der Waals surface area contributed by atoms with Crippen LogP contribution in [0.2, 0.25) is 0 Å². The molecular formula is C19H19F2N3OS. The lowest BCUT2D eigenvalue weighted by molar-refractivity contribution is 0.102. The van der Waals surface area contributed by atoms with Crippen molar-refractivity contribution in [1.82, 2.24) is 4.98 Å². The van der Waals surface area contributed by atoms with Crippen LogP contribution in [0, 0.1) is 17.7 Å². The maximum atomic E-state index is 14.9. The number of ether oxygens (including phenoxy) is 1. The number of nitrogens with zero attached hydrogens (tertiary/aromatic N) is 2. The SMILES string of the molecule is CO[C@@H]1C[C@H]2CSC(N)=N[C@@]2(c2cc(-c3cccnc3F)ccc2F)C1. The number of nitrogens with two attached hydrogens (primary N) is 1. The van der Waals surface area contributed by atoms with E-state index in [9.17, 15) is 8.78 Å². The summed E-state index contributed by atoms with van der Waals surface area (Å²) < 4.78 is 34.6. The largest absolute Gasteiger partial charge is 0.381 e.